The summed E-state index contributed by atoms with van der Waals surface area (Å²) in [5.41, 5.74) is 0.224. The van der Waals surface area contributed by atoms with Gasteiger partial charge in [0.05, 0.1) is 13.2 Å². The second-order valence-electron chi connectivity index (χ2n) is 3.94. The number of carbonyl (C=O) groups is 1. The number of ether oxygens (including phenoxy) is 1. The van der Waals surface area contributed by atoms with E-state index in [4.69, 9.17) is 4.74 Å². The van der Waals surface area contributed by atoms with Gasteiger partial charge in [0.1, 0.15) is 11.6 Å². The molecule has 0 aliphatic rings. The van der Waals surface area contributed by atoms with Crippen LogP contribution in [-0.2, 0) is 9.53 Å². The molecule has 0 aromatic heterocycles. The van der Waals surface area contributed by atoms with Crippen molar-refractivity contribution in [3.63, 3.8) is 0 Å². The minimum atomic E-state index is -0.689. The minimum Gasteiger partial charge on any atom is -0.383 e. The number of carbonyl (C=O) groups excluding carboxylic acids is 1. The predicted molar refractivity (Wildman–Crippen MR) is 64.3 cm³/mol. The molecule has 0 bridgehead atoms. The van der Waals surface area contributed by atoms with Gasteiger partial charge in [-0.2, -0.15) is 0 Å². The van der Waals surface area contributed by atoms with Crippen LogP contribution in [0.1, 0.15) is 6.92 Å². The predicted octanol–water partition coefficient (Wildman–Crippen LogP) is 1.53. The zero-order valence-electron chi connectivity index (χ0n) is 10.3. The molecule has 1 unspecified atom stereocenters. The summed E-state index contributed by atoms with van der Waals surface area (Å²) in [4.78, 5) is 11.5. The molecule has 0 radical (unpaired) electrons. The zero-order valence-corrected chi connectivity index (χ0v) is 10.3. The Labute approximate surface area is 104 Å². The lowest BCUT2D eigenvalue weighted by Crippen LogP contribution is -2.39. The van der Waals surface area contributed by atoms with Crippen LogP contribution < -0.4 is 10.6 Å². The number of halogens is 2. The molecule has 0 fully saturated rings. The molecule has 1 atom stereocenters. The largest absolute Gasteiger partial charge is 0.383 e. The van der Waals surface area contributed by atoms with E-state index in [2.05, 4.69) is 10.6 Å². The van der Waals surface area contributed by atoms with E-state index in [9.17, 15) is 13.6 Å². The average molecular weight is 258 g/mol. The van der Waals surface area contributed by atoms with Crippen LogP contribution in [0.25, 0.3) is 0 Å². The Hall–Kier alpha value is -1.69. The van der Waals surface area contributed by atoms with Crippen molar-refractivity contribution in [1.82, 2.24) is 5.32 Å². The van der Waals surface area contributed by atoms with Crippen LogP contribution in [0.15, 0.2) is 18.2 Å². The summed E-state index contributed by atoms with van der Waals surface area (Å²) in [6.45, 7) is 2.14. The summed E-state index contributed by atoms with van der Waals surface area (Å²) < 4.78 is 30.6. The van der Waals surface area contributed by atoms with Gasteiger partial charge in [0.2, 0.25) is 5.91 Å². The fourth-order valence-corrected chi connectivity index (χ4v) is 1.46. The number of nitrogens with one attached hydrogen (secondary N) is 2. The van der Waals surface area contributed by atoms with E-state index in [1.54, 1.807) is 6.92 Å². The van der Waals surface area contributed by atoms with E-state index < -0.39 is 11.6 Å². The van der Waals surface area contributed by atoms with Crippen molar-refractivity contribution in [2.24, 2.45) is 0 Å². The summed E-state index contributed by atoms with van der Waals surface area (Å²) in [7, 11) is 1.54. The third-order valence-electron chi connectivity index (χ3n) is 2.14. The van der Waals surface area contributed by atoms with Crippen molar-refractivity contribution in [3.05, 3.63) is 29.8 Å². The van der Waals surface area contributed by atoms with Crippen LogP contribution in [0, 0.1) is 11.6 Å². The van der Waals surface area contributed by atoms with E-state index >= 15 is 0 Å². The number of benzene rings is 1. The van der Waals surface area contributed by atoms with Gasteiger partial charge < -0.3 is 15.4 Å². The molecule has 2 N–H and O–H groups in total. The molecular formula is C12H16F2N2O2. The van der Waals surface area contributed by atoms with Crippen LogP contribution in [0.4, 0.5) is 14.5 Å². The van der Waals surface area contributed by atoms with Crippen molar-refractivity contribution in [2.75, 3.05) is 25.6 Å². The van der Waals surface area contributed by atoms with Gasteiger partial charge in [-0.15, -0.1) is 0 Å². The molecule has 1 aromatic rings. The number of rotatable bonds is 6. The van der Waals surface area contributed by atoms with Gasteiger partial charge in [-0.05, 0) is 19.1 Å². The highest BCUT2D eigenvalue weighted by molar-refractivity contribution is 5.80. The molecule has 6 heteroatoms. The summed E-state index contributed by atoms with van der Waals surface area (Å²) in [6.07, 6.45) is 0. The van der Waals surface area contributed by atoms with Gasteiger partial charge in [0.25, 0.3) is 0 Å². The van der Waals surface area contributed by atoms with Gasteiger partial charge in [0.15, 0.2) is 0 Å². The number of hydrogen-bond donors (Lipinski definition) is 2. The van der Waals surface area contributed by atoms with Crippen molar-refractivity contribution in [3.8, 4) is 0 Å². The molecule has 100 valence electrons. The van der Waals surface area contributed by atoms with Crippen molar-refractivity contribution in [1.29, 1.82) is 0 Å². The Kier molecular flexibility index (Phi) is 5.51. The molecule has 1 rings (SSSR count). The quantitative estimate of drug-likeness (QED) is 0.813. The molecule has 0 saturated carbocycles. The molecule has 1 amide bonds. The molecule has 1 aromatic carbocycles. The van der Waals surface area contributed by atoms with Crippen LogP contribution >= 0.6 is 0 Å². The van der Waals surface area contributed by atoms with Gasteiger partial charge in [0, 0.05) is 24.9 Å². The van der Waals surface area contributed by atoms with E-state index in [-0.39, 0.29) is 24.2 Å². The summed E-state index contributed by atoms with van der Waals surface area (Å²) in [5, 5.41) is 5.31. The zero-order chi connectivity index (χ0) is 13.5. The van der Waals surface area contributed by atoms with E-state index in [1.807, 2.05) is 0 Å². The lowest BCUT2D eigenvalue weighted by Gasteiger charge is -2.13. The first-order valence-electron chi connectivity index (χ1n) is 5.49. The normalized spacial score (nSPS) is 12.0. The maximum atomic E-state index is 12.9. The SMILES string of the molecule is COCC(C)NC(=O)CNc1cc(F)cc(F)c1. The minimum absolute atomic E-state index is 0.0586. The van der Waals surface area contributed by atoms with E-state index in [0.29, 0.717) is 6.61 Å². The Balaban J connectivity index is 2.42. The number of methoxy groups -OCH3 is 1. The van der Waals surface area contributed by atoms with Crippen LogP contribution in [-0.4, -0.2) is 32.2 Å². The summed E-state index contributed by atoms with van der Waals surface area (Å²) in [5.74, 6) is -1.65. The van der Waals surface area contributed by atoms with Crippen molar-refractivity contribution >= 4 is 11.6 Å². The highest BCUT2D eigenvalue weighted by Gasteiger charge is 2.07. The molecule has 0 saturated heterocycles. The van der Waals surface area contributed by atoms with E-state index in [0.717, 1.165) is 18.2 Å². The van der Waals surface area contributed by atoms with E-state index in [1.165, 1.54) is 7.11 Å². The van der Waals surface area contributed by atoms with Crippen molar-refractivity contribution in [2.45, 2.75) is 13.0 Å². The van der Waals surface area contributed by atoms with Crippen LogP contribution in [0.5, 0.6) is 0 Å². The summed E-state index contributed by atoms with van der Waals surface area (Å²) in [6, 6.07) is 2.89. The average Bonchev–Trinajstić information content (AvgIpc) is 2.25. The summed E-state index contributed by atoms with van der Waals surface area (Å²) >= 11 is 0. The molecule has 0 heterocycles. The fraction of sp³-hybridized carbons (Fsp3) is 0.417. The van der Waals surface area contributed by atoms with Gasteiger partial charge >= 0.3 is 0 Å². The Morgan fingerprint density at radius 3 is 2.50 bits per heavy atom. The Bertz CT molecular complexity index is 393. The molecule has 4 nitrogen and oxygen atoms in total. The monoisotopic (exact) mass is 258 g/mol. The highest BCUT2D eigenvalue weighted by atomic mass is 19.1. The molecular weight excluding hydrogens is 242 g/mol. The molecule has 18 heavy (non-hydrogen) atoms. The highest BCUT2D eigenvalue weighted by Crippen LogP contribution is 2.12. The third kappa shape index (κ3) is 5.09. The third-order valence-corrected chi connectivity index (χ3v) is 2.14. The first-order chi connectivity index (χ1) is 8.51. The van der Waals surface area contributed by atoms with Gasteiger partial charge in [-0.25, -0.2) is 8.78 Å². The van der Waals surface area contributed by atoms with Gasteiger partial charge in [-0.1, -0.05) is 0 Å². The van der Waals surface area contributed by atoms with Crippen LogP contribution in [0.3, 0.4) is 0 Å². The molecule has 0 spiro atoms. The fourth-order valence-electron chi connectivity index (χ4n) is 1.46. The first-order valence-corrected chi connectivity index (χ1v) is 5.49. The lowest BCUT2D eigenvalue weighted by molar-refractivity contribution is -0.120. The maximum absolute atomic E-state index is 12.9. The Morgan fingerprint density at radius 1 is 1.33 bits per heavy atom. The maximum Gasteiger partial charge on any atom is 0.239 e. The lowest BCUT2D eigenvalue weighted by atomic mass is 10.3. The number of amides is 1. The molecule has 0 aliphatic carbocycles. The second kappa shape index (κ2) is 6.90. The second-order valence-corrected chi connectivity index (χ2v) is 3.94. The number of anilines is 1. The Morgan fingerprint density at radius 2 is 1.94 bits per heavy atom. The smallest absolute Gasteiger partial charge is 0.239 e. The topological polar surface area (TPSA) is 50.4 Å². The number of hydrogen-bond acceptors (Lipinski definition) is 3. The standard InChI is InChI=1S/C12H16F2N2O2/c1-8(7-18-2)16-12(17)6-15-11-4-9(13)3-10(14)5-11/h3-5,8,15H,6-7H2,1-2H3,(H,16,17). The molecule has 0 aliphatic heterocycles. The van der Waals surface area contributed by atoms with Crippen LogP contribution in [0.2, 0.25) is 0 Å². The van der Waals surface area contributed by atoms with Gasteiger partial charge in [-0.3, -0.25) is 4.79 Å². The first kappa shape index (κ1) is 14.4. The van der Waals surface area contributed by atoms with Crippen molar-refractivity contribution < 1.29 is 18.3 Å².